The van der Waals surface area contributed by atoms with Gasteiger partial charge in [0.25, 0.3) is 0 Å². The van der Waals surface area contributed by atoms with Gasteiger partial charge in [0.1, 0.15) is 6.04 Å². The molecule has 1 atom stereocenters. The number of ether oxygens (including phenoxy) is 1. The number of nitrogens with zero attached hydrogens (tertiary/aromatic N) is 2. The Morgan fingerprint density at radius 2 is 1.97 bits per heavy atom. The van der Waals surface area contributed by atoms with E-state index < -0.39 is 23.6 Å². The van der Waals surface area contributed by atoms with Crippen molar-refractivity contribution in [2.75, 3.05) is 7.11 Å². The zero-order chi connectivity index (χ0) is 23.7. The number of carboxylic acids is 1. The number of carbonyl (C=O) groups excluding carboxylic acids is 1. The minimum atomic E-state index is -1.21. The molecule has 1 fully saturated rings. The zero-order valence-corrected chi connectivity index (χ0v) is 19.9. The zero-order valence-electron chi connectivity index (χ0n) is 17.5. The molecule has 2 heterocycles. The van der Waals surface area contributed by atoms with Crippen LogP contribution in [0.1, 0.15) is 42.3 Å². The molecule has 2 aromatic rings. The number of methoxy groups -OCH3 is 1. The summed E-state index contributed by atoms with van der Waals surface area (Å²) in [6.45, 7) is 0. The van der Waals surface area contributed by atoms with Crippen molar-refractivity contribution in [1.82, 2.24) is 10.3 Å². The van der Waals surface area contributed by atoms with E-state index in [9.17, 15) is 23.5 Å². The Morgan fingerprint density at radius 3 is 2.58 bits per heavy atom. The third-order valence-corrected chi connectivity index (χ3v) is 7.56. The van der Waals surface area contributed by atoms with Gasteiger partial charge in [0.2, 0.25) is 0 Å². The van der Waals surface area contributed by atoms with E-state index in [1.54, 1.807) is 11.6 Å². The van der Waals surface area contributed by atoms with Gasteiger partial charge in [-0.05, 0) is 59.2 Å². The lowest BCUT2D eigenvalue weighted by Gasteiger charge is -2.34. The van der Waals surface area contributed by atoms with Crippen molar-refractivity contribution in [3.8, 4) is 0 Å². The number of aliphatic imine (C=N–C) groups is 1. The highest BCUT2D eigenvalue weighted by Gasteiger charge is 2.38. The molecule has 33 heavy (non-hydrogen) atoms. The average Bonchev–Trinajstić information content (AvgIpc) is 3.36. The molecule has 11 heteroatoms. The third kappa shape index (κ3) is 4.56. The Bertz CT molecular complexity index is 1140. The fourth-order valence-electron chi connectivity index (χ4n) is 4.33. The van der Waals surface area contributed by atoms with Crippen molar-refractivity contribution in [3.05, 3.63) is 61.7 Å². The van der Waals surface area contributed by atoms with Crippen molar-refractivity contribution in [2.24, 2.45) is 16.8 Å². The molecule has 0 spiro atoms. The molecular weight excluding hydrogens is 520 g/mol. The van der Waals surface area contributed by atoms with E-state index in [0.717, 1.165) is 6.07 Å². The van der Waals surface area contributed by atoms with E-state index in [0.29, 0.717) is 42.2 Å². The van der Waals surface area contributed by atoms with Crippen LogP contribution in [0, 0.1) is 23.5 Å². The summed E-state index contributed by atoms with van der Waals surface area (Å²) in [5.74, 6) is -3.70. The van der Waals surface area contributed by atoms with Gasteiger partial charge in [-0.1, -0.05) is 6.07 Å². The van der Waals surface area contributed by atoms with Crippen LogP contribution in [0.4, 0.5) is 8.78 Å². The van der Waals surface area contributed by atoms with Crippen molar-refractivity contribution < 1.29 is 28.2 Å². The molecule has 0 amide bonds. The van der Waals surface area contributed by atoms with Crippen LogP contribution < -0.4 is 5.32 Å². The summed E-state index contributed by atoms with van der Waals surface area (Å²) in [7, 11) is 1.35. The number of thiazole rings is 1. The molecule has 4 rings (SSSR count). The van der Waals surface area contributed by atoms with Crippen LogP contribution in [0.2, 0.25) is 0 Å². The number of carbonyl (C=O) groups is 2. The van der Waals surface area contributed by atoms with Crippen LogP contribution in [0.3, 0.4) is 0 Å². The highest BCUT2D eigenvalue weighted by molar-refractivity contribution is 9.10. The number of nitrogens with one attached hydrogen (secondary N) is 1. The van der Waals surface area contributed by atoms with Gasteiger partial charge < -0.3 is 15.2 Å². The number of aliphatic carboxylic acids is 1. The van der Waals surface area contributed by atoms with E-state index in [-0.39, 0.29) is 33.4 Å². The average molecular weight is 540 g/mol. The highest BCUT2D eigenvalue weighted by Crippen LogP contribution is 2.42. The standard InChI is InChI=1S/C22H20BrF2N3O4S/c1-32-22(31)11-4-2-10(3-5-11)17-14(21(29)30)18(12-6-7-13(24)16(25)15(12)23)28-19(27-17)20-26-8-9-33-20/h6-11,18H,2-5H2,1H3,(H,27,28)(H,29,30). The molecule has 7 nitrogen and oxygen atoms in total. The van der Waals surface area contributed by atoms with Gasteiger partial charge in [-0.25, -0.2) is 18.6 Å². The summed E-state index contributed by atoms with van der Waals surface area (Å²) in [6, 6.07) is 1.20. The first kappa shape index (κ1) is 23.5. The van der Waals surface area contributed by atoms with Crippen molar-refractivity contribution >= 4 is 45.0 Å². The maximum Gasteiger partial charge on any atom is 0.335 e. The molecule has 1 aliphatic carbocycles. The van der Waals surface area contributed by atoms with Crippen molar-refractivity contribution in [3.63, 3.8) is 0 Å². The van der Waals surface area contributed by atoms with E-state index in [2.05, 4.69) is 31.2 Å². The summed E-state index contributed by atoms with van der Waals surface area (Å²) in [5, 5.41) is 15.6. The van der Waals surface area contributed by atoms with Gasteiger partial charge >= 0.3 is 11.9 Å². The Hall–Kier alpha value is -2.66. The lowest BCUT2D eigenvalue weighted by atomic mass is 9.78. The minimum absolute atomic E-state index is 0.0384. The van der Waals surface area contributed by atoms with Crippen molar-refractivity contribution in [1.29, 1.82) is 0 Å². The summed E-state index contributed by atoms with van der Waals surface area (Å²) < 4.78 is 32.8. The van der Waals surface area contributed by atoms with Crippen LogP contribution in [0.25, 0.3) is 0 Å². The minimum Gasteiger partial charge on any atom is -0.478 e. The largest absolute Gasteiger partial charge is 0.478 e. The summed E-state index contributed by atoms with van der Waals surface area (Å²) in [5.41, 5.74) is 0.610. The lowest BCUT2D eigenvalue weighted by molar-refractivity contribution is -0.146. The smallest absolute Gasteiger partial charge is 0.335 e. The van der Waals surface area contributed by atoms with Crippen LogP contribution in [0.5, 0.6) is 0 Å². The number of benzene rings is 1. The van der Waals surface area contributed by atoms with Crippen LogP contribution in [-0.4, -0.2) is 35.0 Å². The first-order valence-electron chi connectivity index (χ1n) is 10.2. The van der Waals surface area contributed by atoms with E-state index >= 15 is 0 Å². The summed E-state index contributed by atoms with van der Waals surface area (Å²) in [4.78, 5) is 33.2. The maximum absolute atomic E-state index is 14.3. The van der Waals surface area contributed by atoms with Crippen LogP contribution in [-0.2, 0) is 14.3 Å². The van der Waals surface area contributed by atoms with Crippen LogP contribution in [0.15, 0.2) is 44.4 Å². The van der Waals surface area contributed by atoms with Gasteiger partial charge in [-0.3, -0.25) is 9.79 Å². The first-order valence-corrected chi connectivity index (χ1v) is 11.9. The fraction of sp³-hybridized carbons (Fsp3) is 0.364. The molecule has 1 aromatic heterocycles. The molecule has 1 saturated carbocycles. The number of halogens is 3. The number of esters is 1. The molecule has 0 saturated heterocycles. The summed E-state index contributed by atoms with van der Waals surface area (Å²) in [6.07, 6.45) is 3.84. The molecule has 2 aliphatic rings. The molecular formula is C22H20BrF2N3O4S. The van der Waals surface area contributed by atoms with E-state index in [1.165, 1.54) is 24.5 Å². The third-order valence-electron chi connectivity index (χ3n) is 5.97. The topological polar surface area (TPSA) is 101 Å². The van der Waals surface area contributed by atoms with Crippen molar-refractivity contribution in [2.45, 2.75) is 31.7 Å². The highest BCUT2D eigenvalue weighted by atomic mass is 79.9. The normalized spacial score (nSPS) is 23.0. The van der Waals surface area contributed by atoms with Gasteiger partial charge in [0, 0.05) is 17.3 Å². The Kier molecular flexibility index (Phi) is 6.89. The second-order valence-electron chi connectivity index (χ2n) is 7.81. The number of rotatable bonds is 5. The predicted molar refractivity (Wildman–Crippen MR) is 121 cm³/mol. The second kappa shape index (κ2) is 9.68. The summed E-state index contributed by atoms with van der Waals surface area (Å²) >= 11 is 4.40. The van der Waals surface area contributed by atoms with Gasteiger partial charge in [0.15, 0.2) is 22.5 Å². The van der Waals surface area contributed by atoms with E-state index in [1.807, 2.05) is 0 Å². The molecule has 0 radical (unpaired) electrons. The molecule has 174 valence electrons. The molecule has 0 bridgehead atoms. The maximum atomic E-state index is 14.3. The van der Waals surface area contributed by atoms with Gasteiger partial charge in [-0.15, -0.1) is 11.3 Å². The number of hydrogen-bond donors (Lipinski definition) is 2. The second-order valence-corrected chi connectivity index (χ2v) is 9.50. The molecule has 2 N–H and O–H groups in total. The molecule has 1 unspecified atom stereocenters. The van der Waals surface area contributed by atoms with Gasteiger partial charge in [-0.2, -0.15) is 0 Å². The molecule has 1 aromatic carbocycles. The van der Waals surface area contributed by atoms with E-state index in [4.69, 9.17) is 4.74 Å². The number of amidine groups is 1. The SMILES string of the molecule is COC(=O)C1CCC(C2=C(C(=O)O)C(c3ccc(F)c(F)c3Br)N=C(c3nccs3)N2)CC1. The lowest BCUT2D eigenvalue weighted by Crippen LogP contribution is -2.38. The monoisotopic (exact) mass is 539 g/mol. The Morgan fingerprint density at radius 1 is 1.24 bits per heavy atom. The Balaban J connectivity index is 1.79. The number of aromatic nitrogens is 1. The first-order chi connectivity index (χ1) is 15.8. The quantitative estimate of drug-likeness (QED) is 0.425. The Labute approximate surface area is 200 Å². The molecule has 1 aliphatic heterocycles. The number of allylic oxidation sites excluding steroid dienone is 1. The fourth-order valence-corrected chi connectivity index (χ4v) is 5.46. The number of carboxylic acid groups (broad SMARTS) is 1. The van der Waals surface area contributed by atoms with Crippen LogP contribution >= 0.6 is 27.3 Å². The number of hydrogen-bond acceptors (Lipinski definition) is 7. The van der Waals surface area contributed by atoms with Gasteiger partial charge in [0.05, 0.1) is 23.1 Å². The predicted octanol–water partition coefficient (Wildman–Crippen LogP) is 4.59.